The summed E-state index contributed by atoms with van der Waals surface area (Å²) in [5.74, 6) is -2.29. The van der Waals surface area contributed by atoms with Crippen molar-refractivity contribution in [2.45, 2.75) is 13.0 Å². The second kappa shape index (κ2) is 7.75. The Morgan fingerprint density at radius 3 is 2.32 bits per heavy atom. The lowest BCUT2D eigenvalue weighted by Gasteiger charge is -2.26. The van der Waals surface area contributed by atoms with Gasteiger partial charge < -0.3 is 9.84 Å². The number of aliphatic carboxylic acids is 1. The van der Waals surface area contributed by atoms with E-state index in [-0.39, 0.29) is 5.57 Å². The summed E-state index contributed by atoms with van der Waals surface area (Å²) >= 11 is 0. The zero-order valence-corrected chi connectivity index (χ0v) is 14.8. The van der Waals surface area contributed by atoms with E-state index in [4.69, 9.17) is 9.84 Å². The van der Waals surface area contributed by atoms with Crippen molar-refractivity contribution in [1.29, 1.82) is 0 Å². The van der Waals surface area contributed by atoms with Crippen LogP contribution in [0, 0.1) is 0 Å². The molecular formula is C20H16N2O6. The summed E-state index contributed by atoms with van der Waals surface area (Å²) < 4.78 is 5.23. The SMILES string of the molecule is CC(Oc1ccc(C=C2C(=O)NC(=O)N(c3ccccc3)C2=O)cc1)C(=O)O. The highest BCUT2D eigenvalue weighted by molar-refractivity contribution is 6.39. The Balaban J connectivity index is 1.86. The number of carbonyl (C=O) groups excluding carboxylic acids is 3. The summed E-state index contributed by atoms with van der Waals surface area (Å²) in [5, 5.41) is 11.0. The number of anilines is 1. The summed E-state index contributed by atoms with van der Waals surface area (Å²) in [6.45, 7) is 1.40. The molecule has 1 atom stereocenters. The van der Waals surface area contributed by atoms with E-state index < -0.39 is 29.9 Å². The Hall–Kier alpha value is -3.94. The first-order chi connectivity index (χ1) is 13.4. The van der Waals surface area contributed by atoms with Gasteiger partial charge in [0.25, 0.3) is 11.8 Å². The lowest BCUT2D eigenvalue weighted by Crippen LogP contribution is -2.54. The lowest BCUT2D eigenvalue weighted by molar-refractivity contribution is -0.144. The third kappa shape index (κ3) is 3.90. The fraction of sp³-hybridized carbons (Fsp3) is 0.100. The van der Waals surface area contributed by atoms with Gasteiger partial charge in [-0.05, 0) is 42.8 Å². The van der Waals surface area contributed by atoms with E-state index >= 15 is 0 Å². The molecule has 0 radical (unpaired) electrons. The number of carbonyl (C=O) groups is 4. The van der Waals surface area contributed by atoms with Crippen LogP contribution in [0.2, 0.25) is 0 Å². The van der Waals surface area contributed by atoms with Crippen molar-refractivity contribution in [3.05, 3.63) is 65.7 Å². The predicted octanol–water partition coefficient (Wildman–Crippen LogP) is 2.20. The van der Waals surface area contributed by atoms with Gasteiger partial charge in [0.05, 0.1) is 5.69 Å². The molecule has 8 heteroatoms. The van der Waals surface area contributed by atoms with Crippen LogP contribution in [-0.2, 0) is 14.4 Å². The minimum Gasteiger partial charge on any atom is -0.479 e. The first kappa shape index (κ1) is 18.8. The average Bonchev–Trinajstić information content (AvgIpc) is 2.67. The van der Waals surface area contributed by atoms with Crippen LogP contribution in [0.1, 0.15) is 12.5 Å². The van der Waals surface area contributed by atoms with Crippen LogP contribution < -0.4 is 15.0 Å². The van der Waals surface area contributed by atoms with Crippen LogP contribution in [0.3, 0.4) is 0 Å². The monoisotopic (exact) mass is 380 g/mol. The summed E-state index contributed by atoms with van der Waals surface area (Å²) in [5.41, 5.74) is 0.655. The highest BCUT2D eigenvalue weighted by Crippen LogP contribution is 2.22. The molecule has 8 nitrogen and oxygen atoms in total. The maximum Gasteiger partial charge on any atom is 0.344 e. The van der Waals surface area contributed by atoms with E-state index in [1.165, 1.54) is 25.1 Å². The normalized spacial score (nSPS) is 16.7. The molecule has 2 aromatic carbocycles. The quantitative estimate of drug-likeness (QED) is 0.607. The average molecular weight is 380 g/mol. The van der Waals surface area contributed by atoms with Gasteiger partial charge in [-0.25, -0.2) is 14.5 Å². The van der Waals surface area contributed by atoms with E-state index in [0.29, 0.717) is 17.0 Å². The van der Waals surface area contributed by atoms with E-state index in [9.17, 15) is 19.2 Å². The predicted molar refractivity (Wildman–Crippen MR) is 99.6 cm³/mol. The number of hydrogen-bond acceptors (Lipinski definition) is 5. The molecule has 28 heavy (non-hydrogen) atoms. The number of carboxylic acids is 1. The van der Waals surface area contributed by atoms with Crippen molar-refractivity contribution in [1.82, 2.24) is 5.32 Å². The summed E-state index contributed by atoms with van der Waals surface area (Å²) in [6.07, 6.45) is 0.338. The fourth-order valence-electron chi connectivity index (χ4n) is 2.53. The summed E-state index contributed by atoms with van der Waals surface area (Å²) in [4.78, 5) is 48.7. The molecule has 1 aliphatic rings. The molecular weight excluding hydrogens is 364 g/mol. The van der Waals surface area contributed by atoms with Crippen LogP contribution in [-0.4, -0.2) is 35.0 Å². The molecule has 1 heterocycles. The van der Waals surface area contributed by atoms with E-state index in [0.717, 1.165) is 4.90 Å². The van der Waals surface area contributed by atoms with Crippen molar-refractivity contribution in [3.8, 4) is 5.75 Å². The number of amides is 4. The number of para-hydroxylation sites is 1. The van der Waals surface area contributed by atoms with Crippen molar-refractivity contribution in [2.75, 3.05) is 4.90 Å². The molecule has 142 valence electrons. The van der Waals surface area contributed by atoms with E-state index in [1.54, 1.807) is 42.5 Å². The van der Waals surface area contributed by atoms with Crippen molar-refractivity contribution >= 4 is 35.6 Å². The first-order valence-electron chi connectivity index (χ1n) is 8.33. The standard InChI is InChI=1S/C20H16N2O6/c1-12(19(25)26)28-15-9-7-13(8-10-15)11-16-17(23)21-20(27)22(18(16)24)14-5-3-2-4-6-14/h2-12H,1H3,(H,25,26)(H,21,23,27). The summed E-state index contributed by atoms with van der Waals surface area (Å²) in [7, 11) is 0. The van der Waals surface area contributed by atoms with E-state index in [1.807, 2.05) is 0 Å². The van der Waals surface area contributed by atoms with Crippen molar-refractivity contribution in [2.24, 2.45) is 0 Å². The van der Waals surface area contributed by atoms with Gasteiger partial charge in [0, 0.05) is 0 Å². The molecule has 0 aliphatic carbocycles. The molecule has 1 saturated heterocycles. The van der Waals surface area contributed by atoms with Gasteiger partial charge in [-0.3, -0.25) is 14.9 Å². The number of nitrogens with one attached hydrogen (secondary N) is 1. The van der Waals surface area contributed by atoms with Gasteiger partial charge in [-0.2, -0.15) is 0 Å². The summed E-state index contributed by atoms with van der Waals surface area (Å²) in [6, 6.07) is 13.6. The number of carboxylic acid groups (broad SMARTS) is 1. The molecule has 0 spiro atoms. The molecule has 1 aliphatic heterocycles. The molecule has 0 aromatic heterocycles. The van der Waals surface area contributed by atoms with Crippen LogP contribution in [0.5, 0.6) is 5.75 Å². The van der Waals surface area contributed by atoms with Gasteiger partial charge >= 0.3 is 12.0 Å². The van der Waals surface area contributed by atoms with Gasteiger partial charge in [-0.15, -0.1) is 0 Å². The zero-order valence-electron chi connectivity index (χ0n) is 14.8. The maximum atomic E-state index is 12.7. The molecule has 0 saturated carbocycles. The number of hydrogen-bond donors (Lipinski definition) is 2. The molecule has 0 bridgehead atoms. The van der Waals surface area contributed by atoms with Crippen LogP contribution in [0.4, 0.5) is 10.5 Å². The third-order valence-corrected chi connectivity index (χ3v) is 3.97. The second-order valence-electron chi connectivity index (χ2n) is 5.96. The molecule has 3 rings (SSSR count). The van der Waals surface area contributed by atoms with Crippen molar-refractivity contribution in [3.63, 3.8) is 0 Å². The minimum absolute atomic E-state index is 0.198. The third-order valence-electron chi connectivity index (χ3n) is 3.97. The number of nitrogens with zero attached hydrogens (tertiary/aromatic N) is 1. The number of benzene rings is 2. The van der Waals surface area contributed by atoms with Crippen LogP contribution in [0.25, 0.3) is 6.08 Å². The van der Waals surface area contributed by atoms with E-state index in [2.05, 4.69) is 5.32 Å². The number of imide groups is 2. The van der Waals surface area contributed by atoms with Gasteiger partial charge in [0.15, 0.2) is 6.10 Å². The lowest BCUT2D eigenvalue weighted by atomic mass is 10.1. The minimum atomic E-state index is -1.10. The Kier molecular flexibility index (Phi) is 5.21. The van der Waals surface area contributed by atoms with Crippen molar-refractivity contribution < 1.29 is 29.0 Å². The van der Waals surface area contributed by atoms with Gasteiger partial charge in [0.2, 0.25) is 0 Å². The van der Waals surface area contributed by atoms with Crippen LogP contribution in [0.15, 0.2) is 60.2 Å². The molecule has 1 fully saturated rings. The Morgan fingerprint density at radius 2 is 1.71 bits per heavy atom. The fourth-order valence-corrected chi connectivity index (χ4v) is 2.53. The topological polar surface area (TPSA) is 113 Å². The highest BCUT2D eigenvalue weighted by atomic mass is 16.5. The Labute approximate surface area is 160 Å². The maximum absolute atomic E-state index is 12.7. The first-order valence-corrected chi connectivity index (χ1v) is 8.33. The second-order valence-corrected chi connectivity index (χ2v) is 5.96. The number of barbiturate groups is 1. The molecule has 2 aromatic rings. The molecule has 4 amide bonds. The largest absolute Gasteiger partial charge is 0.479 e. The van der Waals surface area contributed by atoms with Gasteiger partial charge in [0.1, 0.15) is 11.3 Å². The molecule has 2 N–H and O–H groups in total. The smallest absolute Gasteiger partial charge is 0.344 e. The van der Waals surface area contributed by atoms with Crippen LogP contribution >= 0.6 is 0 Å². The Bertz CT molecular complexity index is 966. The van der Waals surface area contributed by atoms with Gasteiger partial charge in [-0.1, -0.05) is 30.3 Å². The Morgan fingerprint density at radius 1 is 1.07 bits per heavy atom. The zero-order chi connectivity index (χ0) is 20.3. The number of ether oxygens (including phenoxy) is 1. The molecule has 1 unspecified atom stereocenters. The number of rotatable bonds is 5. The highest BCUT2D eigenvalue weighted by Gasteiger charge is 2.36. The number of urea groups is 1.